The van der Waals surface area contributed by atoms with Gasteiger partial charge in [-0.25, -0.2) is 0 Å². The molecule has 1 N–H and O–H groups in total. The van der Waals surface area contributed by atoms with Crippen molar-refractivity contribution in [3.05, 3.63) is 57.8 Å². The number of hydrogen-bond donors (Lipinski definition) is 1. The van der Waals surface area contributed by atoms with E-state index in [4.69, 9.17) is 0 Å². The fourth-order valence-electron chi connectivity index (χ4n) is 1.91. The van der Waals surface area contributed by atoms with Crippen LogP contribution in [0.1, 0.15) is 46.4 Å². The Hall–Kier alpha value is -1.94. The fraction of sp³-hybridized carbons (Fsp3) is 0.294. The summed E-state index contributed by atoms with van der Waals surface area (Å²) in [4.78, 5) is 24.5. The topological polar surface area (TPSA) is 46.2 Å². The first-order valence-electron chi connectivity index (χ1n) is 6.83. The summed E-state index contributed by atoms with van der Waals surface area (Å²) in [5.41, 5.74) is 1.81. The number of nitrogens with one attached hydrogen (secondary N) is 1. The third-order valence-electron chi connectivity index (χ3n) is 3.22. The molecule has 3 nitrogen and oxygen atoms in total. The molecule has 0 bridgehead atoms. The molecule has 1 aromatic heterocycles. The highest BCUT2D eigenvalue weighted by atomic mass is 32.1. The standard InChI is InChI=1S/C17H19NO2S/c1-17(2,3)13-8-6-12(7-9-13)16(20)18-11-14(19)15-5-4-10-21-15/h4-10H,11H2,1-3H3,(H,18,20). The fourth-order valence-corrected chi connectivity index (χ4v) is 2.57. The van der Waals surface area contributed by atoms with Crippen LogP contribution in [0.2, 0.25) is 0 Å². The van der Waals surface area contributed by atoms with Crippen LogP contribution in [0.4, 0.5) is 0 Å². The summed E-state index contributed by atoms with van der Waals surface area (Å²) in [7, 11) is 0. The lowest BCUT2D eigenvalue weighted by Gasteiger charge is -2.19. The van der Waals surface area contributed by atoms with Crippen molar-refractivity contribution in [2.45, 2.75) is 26.2 Å². The van der Waals surface area contributed by atoms with E-state index in [1.165, 1.54) is 16.9 Å². The molecule has 4 heteroatoms. The second kappa shape index (κ2) is 6.22. The molecular formula is C17H19NO2S. The Morgan fingerprint density at radius 1 is 1.10 bits per heavy atom. The summed E-state index contributed by atoms with van der Waals surface area (Å²) >= 11 is 1.38. The Labute approximate surface area is 129 Å². The SMILES string of the molecule is CC(C)(C)c1ccc(C(=O)NCC(=O)c2cccs2)cc1. The van der Waals surface area contributed by atoms with Crippen LogP contribution in [-0.4, -0.2) is 18.2 Å². The van der Waals surface area contributed by atoms with E-state index in [-0.39, 0.29) is 23.7 Å². The number of Topliss-reactive ketones (excluding diaryl/α,β-unsaturated/α-hetero) is 1. The lowest BCUT2D eigenvalue weighted by atomic mass is 9.87. The van der Waals surface area contributed by atoms with Gasteiger partial charge in [0.1, 0.15) is 0 Å². The minimum absolute atomic E-state index is 0.0281. The summed E-state index contributed by atoms with van der Waals surface area (Å²) in [5.74, 6) is -0.287. The first-order valence-corrected chi connectivity index (χ1v) is 7.71. The highest BCUT2D eigenvalue weighted by molar-refractivity contribution is 7.12. The predicted octanol–water partition coefficient (Wildman–Crippen LogP) is 3.66. The number of rotatable bonds is 4. The first-order chi connectivity index (χ1) is 9.88. The van der Waals surface area contributed by atoms with Gasteiger partial charge in [-0.1, -0.05) is 39.0 Å². The number of hydrogen-bond acceptors (Lipinski definition) is 3. The van der Waals surface area contributed by atoms with Gasteiger partial charge >= 0.3 is 0 Å². The number of thiophene rings is 1. The first kappa shape index (κ1) is 15.4. The van der Waals surface area contributed by atoms with Gasteiger partial charge in [-0.15, -0.1) is 11.3 Å². The second-order valence-corrected chi connectivity index (χ2v) is 6.86. The third-order valence-corrected chi connectivity index (χ3v) is 4.13. The quantitative estimate of drug-likeness (QED) is 0.876. The molecule has 21 heavy (non-hydrogen) atoms. The predicted molar refractivity (Wildman–Crippen MR) is 86.1 cm³/mol. The third kappa shape index (κ3) is 4.02. The largest absolute Gasteiger partial charge is 0.345 e. The van der Waals surface area contributed by atoms with Gasteiger partial charge in [-0.2, -0.15) is 0 Å². The monoisotopic (exact) mass is 301 g/mol. The van der Waals surface area contributed by atoms with Gasteiger partial charge in [0.15, 0.2) is 5.78 Å². The van der Waals surface area contributed by atoms with Crippen LogP contribution in [0.3, 0.4) is 0 Å². The summed E-state index contributed by atoms with van der Waals surface area (Å²) in [6.45, 7) is 6.41. The zero-order valence-corrected chi connectivity index (χ0v) is 13.3. The zero-order valence-electron chi connectivity index (χ0n) is 12.5. The van der Waals surface area contributed by atoms with Crippen LogP contribution < -0.4 is 5.32 Å². The molecule has 0 saturated heterocycles. The normalized spacial score (nSPS) is 11.2. The Morgan fingerprint density at radius 2 is 1.76 bits per heavy atom. The van der Waals surface area contributed by atoms with Gasteiger partial charge < -0.3 is 5.32 Å². The Morgan fingerprint density at radius 3 is 2.29 bits per heavy atom. The van der Waals surface area contributed by atoms with Gasteiger partial charge in [0.25, 0.3) is 5.91 Å². The van der Waals surface area contributed by atoms with Crippen LogP contribution in [0, 0.1) is 0 Å². The summed E-state index contributed by atoms with van der Waals surface area (Å²) in [5, 5.41) is 4.51. The molecule has 2 aromatic rings. The molecule has 1 aromatic carbocycles. The molecule has 1 amide bonds. The Bertz CT molecular complexity index is 622. The molecule has 1 heterocycles. The summed E-state index contributed by atoms with van der Waals surface area (Å²) in [6, 6.07) is 11.1. The van der Waals surface area contributed by atoms with Gasteiger partial charge in [-0.3, -0.25) is 9.59 Å². The molecule has 0 aliphatic heterocycles. The van der Waals surface area contributed by atoms with Crippen molar-refractivity contribution in [1.29, 1.82) is 0 Å². The van der Waals surface area contributed by atoms with Crippen molar-refractivity contribution < 1.29 is 9.59 Å². The van der Waals surface area contributed by atoms with Gasteiger partial charge in [0.2, 0.25) is 0 Å². The minimum atomic E-state index is -0.222. The highest BCUT2D eigenvalue weighted by Gasteiger charge is 2.15. The zero-order chi connectivity index (χ0) is 15.5. The molecule has 2 rings (SSSR count). The smallest absolute Gasteiger partial charge is 0.251 e. The number of carbonyl (C=O) groups is 2. The molecule has 110 valence electrons. The average molecular weight is 301 g/mol. The van der Waals surface area contributed by atoms with E-state index in [0.717, 1.165) is 0 Å². The van der Waals surface area contributed by atoms with E-state index in [1.807, 2.05) is 23.6 Å². The maximum Gasteiger partial charge on any atom is 0.251 e. The highest BCUT2D eigenvalue weighted by Crippen LogP contribution is 2.22. The molecule has 0 saturated carbocycles. The van der Waals surface area contributed by atoms with Crippen LogP contribution >= 0.6 is 11.3 Å². The molecule has 0 unspecified atom stereocenters. The van der Waals surface area contributed by atoms with Crippen LogP contribution in [0.5, 0.6) is 0 Å². The molecule has 0 atom stereocenters. The van der Waals surface area contributed by atoms with Crippen molar-refractivity contribution in [1.82, 2.24) is 5.32 Å². The van der Waals surface area contributed by atoms with E-state index in [9.17, 15) is 9.59 Å². The lowest BCUT2D eigenvalue weighted by Crippen LogP contribution is -2.29. The number of ketones is 1. The maximum absolute atomic E-state index is 12.0. The van der Waals surface area contributed by atoms with Crippen LogP contribution in [-0.2, 0) is 5.41 Å². The number of amides is 1. The van der Waals surface area contributed by atoms with E-state index in [2.05, 4.69) is 26.1 Å². The Kier molecular flexibility index (Phi) is 4.58. The van der Waals surface area contributed by atoms with Crippen molar-refractivity contribution >= 4 is 23.0 Å². The van der Waals surface area contributed by atoms with E-state index >= 15 is 0 Å². The molecule has 0 radical (unpaired) electrons. The number of benzene rings is 1. The molecule has 0 aliphatic rings. The van der Waals surface area contributed by atoms with Crippen molar-refractivity contribution in [2.75, 3.05) is 6.54 Å². The van der Waals surface area contributed by atoms with E-state index in [0.29, 0.717) is 10.4 Å². The van der Waals surface area contributed by atoms with Gasteiger partial charge in [-0.05, 0) is 34.6 Å². The molecular weight excluding hydrogens is 282 g/mol. The van der Waals surface area contributed by atoms with Crippen molar-refractivity contribution in [3.8, 4) is 0 Å². The average Bonchev–Trinajstić information content (AvgIpc) is 2.98. The molecule has 0 spiro atoms. The van der Waals surface area contributed by atoms with Gasteiger partial charge in [0, 0.05) is 5.56 Å². The van der Waals surface area contributed by atoms with Crippen molar-refractivity contribution in [2.24, 2.45) is 0 Å². The number of carbonyl (C=O) groups excluding carboxylic acids is 2. The van der Waals surface area contributed by atoms with Crippen LogP contribution in [0.15, 0.2) is 41.8 Å². The van der Waals surface area contributed by atoms with E-state index in [1.54, 1.807) is 18.2 Å². The van der Waals surface area contributed by atoms with E-state index < -0.39 is 0 Å². The Balaban J connectivity index is 1.96. The lowest BCUT2D eigenvalue weighted by molar-refractivity contribution is 0.0905. The van der Waals surface area contributed by atoms with Gasteiger partial charge in [0.05, 0.1) is 11.4 Å². The summed E-state index contributed by atoms with van der Waals surface area (Å²) in [6.07, 6.45) is 0. The summed E-state index contributed by atoms with van der Waals surface area (Å²) < 4.78 is 0. The molecule has 0 aliphatic carbocycles. The second-order valence-electron chi connectivity index (χ2n) is 5.91. The van der Waals surface area contributed by atoms with Crippen LogP contribution in [0.25, 0.3) is 0 Å². The molecule has 0 fully saturated rings. The van der Waals surface area contributed by atoms with Crippen molar-refractivity contribution in [3.63, 3.8) is 0 Å². The minimum Gasteiger partial charge on any atom is -0.345 e. The maximum atomic E-state index is 12.0.